The highest BCUT2D eigenvalue weighted by atomic mass is 35.5. The summed E-state index contributed by atoms with van der Waals surface area (Å²) in [7, 11) is 0. The van der Waals surface area contributed by atoms with Gasteiger partial charge < -0.3 is 15.7 Å². The van der Waals surface area contributed by atoms with E-state index in [0.29, 0.717) is 10.6 Å². The molecule has 2 rings (SSSR count). The molecule has 17 heavy (non-hydrogen) atoms. The van der Waals surface area contributed by atoms with Crippen LogP contribution in [0.2, 0.25) is 5.02 Å². The molecular formula is C12H15ClN2O2. The number of carboxylic acids is 1. The Kier molecular flexibility index (Phi) is 3.54. The number of carbonyl (C=O) groups is 1. The number of carboxylic acid groups (broad SMARTS) is 1. The highest BCUT2D eigenvalue weighted by molar-refractivity contribution is 6.32. The zero-order valence-corrected chi connectivity index (χ0v) is 10.2. The van der Waals surface area contributed by atoms with Crippen molar-refractivity contribution in [3.8, 4) is 0 Å². The van der Waals surface area contributed by atoms with Crippen molar-refractivity contribution in [2.45, 2.75) is 18.9 Å². The summed E-state index contributed by atoms with van der Waals surface area (Å²) in [5, 5.41) is 9.45. The SMILES string of the molecule is NC(C(=O)O)c1c(Cl)cccc1N1CCCC1. The van der Waals surface area contributed by atoms with E-state index < -0.39 is 12.0 Å². The maximum absolute atomic E-state index is 11.0. The number of nitrogens with zero attached hydrogens (tertiary/aromatic N) is 1. The van der Waals surface area contributed by atoms with E-state index in [0.717, 1.165) is 31.6 Å². The molecule has 1 aromatic rings. The van der Waals surface area contributed by atoms with Gasteiger partial charge in [0.05, 0.1) is 0 Å². The van der Waals surface area contributed by atoms with Crippen LogP contribution in [0.25, 0.3) is 0 Å². The molecule has 1 atom stereocenters. The molecular weight excluding hydrogens is 240 g/mol. The molecule has 92 valence electrons. The smallest absolute Gasteiger partial charge is 0.325 e. The molecule has 1 heterocycles. The van der Waals surface area contributed by atoms with E-state index in [4.69, 9.17) is 22.4 Å². The van der Waals surface area contributed by atoms with Gasteiger partial charge in [-0.1, -0.05) is 17.7 Å². The van der Waals surface area contributed by atoms with Crippen molar-refractivity contribution in [2.75, 3.05) is 18.0 Å². The van der Waals surface area contributed by atoms with E-state index in [1.807, 2.05) is 12.1 Å². The molecule has 5 heteroatoms. The minimum Gasteiger partial charge on any atom is -0.480 e. The van der Waals surface area contributed by atoms with Gasteiger partial charge in [0.25, 0.3) is 0 Å². The fourth-order valence-corrected chi connectivity index (χ4v) is 2.48. The fraction of sp³-hybridized carbons (Fsp3) is 0.417. The molecule has 1 aliphatic heterocycles. The van der Waals surface area contributed by atoms with E-state index in [9.17, 15) is 4.79 Å². The summed E-state index contributed by atoms with van der Waals surface area (Å²) in [5.74, 6) is -1.06. The first kappa shape index (κ1) is 12.2. The Morgan fingerprint density at radius 3 is 2.65 bits per heavy atom. The van der Waals surface area contributed by atoms with Crippen molar-refractivity contribution in [1.82, 2.24) is 0 Å². The van der Waals surface area contributed by atoms with Gasteiger partial charge in [-0.2, -0.15) is 0 Å². The third-order valence-corrected chi connectivity index (χ3v) is 3.38. The second-order valence-corrected chi connectivity index (χ2v) is 4.59. The Labute approximate surface area is 105 Å². The highest BCUT2D eigenvalue weighted by Gasteiger charge is 2.25. The number of hydrogen-bond acceptors (Lipinski definition) is 3. The number of aliphatic carboxylic acids is 1. The van der Waals surface area contributed by atoms with Crippen molar-refractivity contribution in [3.05, 3.63) is 28.8 Å². The van der Waals surface area contributed by atoms with Gasteiger partial charge in [0.1, 0.15) is 6.04 Å². The number of nitrogens with two attached hydrogens (primary N) is 1. The van der Waals surface area contributed by atoms with Gasteiger partial charge in [0.2, 0.25) is 0 Å². The van der Waals surface area contributed by atoms with Crippen LogP contribution in [0.3, 0.4) is 0 Å². The lowest BCUT2D eigenvalue weighted by atomic mass is 10.0. The molecule has 0 aliphatic carbocycles. The molecule has 0 aromatic heterocycles. The molecule has 0 amide bonds. The van der Waals surface area contributed by atoms with Gasteiger partial charge in [0.15, 0.2) is 0 Å². The summed E-state index contributed by atoms with van der Waals surface area (Å²) in [4.78, 5) is 13.2. The number of hydrogen-bond donors (Lipinski definition) is 2. The lowest BCUT2D eigenvalue weighted by Gasteiger charge is -2.23. The van der Waals surface area contributed by atoms with E-state index in [1.54, 1.807) is 6.07 Å². The Morgan fingerprint density at radius 2 is 2.06 bits per heavy atom. The second kappa shape index (κ2) is 4.94. The van der Waals surface area contributed by atoms with E-state index >= 15 is 0 Å². The molecule has 3 N–H and O–H groups in total. The quantitative estimate of drug-likeness (QED) is 0.866. The van der Waals surface area contributed by atoms with Crippen LogP contribution in [-0.4, -0.2) is 24.2 Å². The summed E-state index contributed by atoms with van der Waals surface area (Å²) in [6, 6.07) is 4.32. The number of anilines is 1. The third kappa shape index (κ3) is 2.37. The topological polar surface area (TPSA) is 66.6 Å². The average molecular weight is 255 g/mol. The molecule has 0 bridgehead atoms. The Bertz CT molecular complexity index is 431. The first-order chi connectivity index (χ1) is 8.11. The molecule has 1 aromatic carbocycles. The monoisotopic (exact) mass is 254 g/mol. The summed E-state index contributed by atoms with van der Waals surface area (Å²) < 4.78 is 0. The van der Waals surface area contributed by atoms with Gasteiger partial charge in [-0.15, -0.1) is 0 Å². The molecule has 1 aliphatic rings. The maximum atomic E-state index is 11.0. The highest BCUT2D eigenvalue weighted by Crippen LogP contribution is 2.33. The maximum Gasteiger partial charge on any atom is 0.325 e. The summed E-state index contributed by atoms with van der Waals surface area (Å²) in [5.41, 5.74) is 7.07. The van der Waals surface area contributed by atoms with Crippen LogP contribution in [0.4, 0.5) is 5.69 Å². The van der Waals surface area contributed by atoms with Crippen molar-refractivity contribution in [3.63, 3.8) is 0 Å². The van der Waals surface area contributed by atoms with Gasteiger partial charge in [-0.05, 0) is 25.0 Å². The Balaban J connectivity index is 2.43. The number of benzene rings is 1. The van der Waals surface area contributed by atoms with E-state index in [-0.39, 0.29) is 0 Å². The van der Waals surface area contributed by atoms with Crippen molar-refractivity contribution < 1.29 is 9.90 Å². The first-order valence-electron chi connectivity index (χ1n) is 5.63. The number of rotatable bonds is 3. The van der Waals surface area contributed by atoms with Crippen LogP contribution in [0, 0.1) is 0 Å². The zero-order chi connectivity index (χ0) is 12.4. The predicted molar refractivity (Wildman–Crippen MR) is 67.5 cm³/mol. The molecule has 4 nitrogen and oxygen atoms in total. The van der Waals surface area contributed by atoms with Crippen LogP contribution < -0.4 is 10.6 Å². The average Bonchev–Trinajstić information content (AvgIpc) is 2.81. The van der Waals surface area contributed by atoms with Crippen LogP contribution in [0.5, 0.6) is 0 Å². The molecule has 1 fully saturated rings. The summed E-state index contributed by atoms with van der Waals surface area (Å²) in [6.07, 6.45) is 2.24. The largest absolute Gasteiger partial charge is 0.480 e. The fourth-order valence-electron chi connectivity index (χ4n) is 2.19. The lowest BCUT2D eigenvalue weighted by molar-refractivity contribution is -0.138. The first-order valence-corrected chi connectivity index (χ1v) is 6.01. The van der Waals surface area contributed by atoms with Crippen molar-refractivity contribution in [2.24, 2.45) is 5.73 Å². The van der Waals surface area contributed by atoms with Gasteiger partial charge in [-0.25, -0.2) is 0 Å². The van der Waals surface area contributed by atoms with Gasteiger partial charge in [-0.3, -0.25) is 4.79 Å². The van der Waals surface area contributed by atoms with E-state index in [2.05, 4.69) is 4.90 Å². The summed E-state index contributed by atoms with van der Waals surface area (Å²) in [6.45, 7) is 1.86. The Hall–Kier alpha value is -1.26. The van der Waals surface area contributed by atoms with Gasteiger partial charge >= 0.3 is 5.97 Å². The predicted octanol–water partition coefficient (Wildman–Crippen LogP) is 2.02. The molecule has 1 saturated heterocycles. The normalized spacial score (nSPS) is 17.2. The van der Waals surface area contributed by atoms with Crippen LogP contribution in [0.15, 0.2) is 18.2 Å². The van der Waals surface area contributed by atoms with Crippen molar-refractivity contribution >= 4 is 23.3 Å². The zero-order valence-electron chi connectivity index (χ0n) is 9.40. The van der Waals surface area contributed by atoms with E-state index in [1.165, 1.54) is 0 Å². The summed E-state index contributed by atoms with van der Waals surface area (Å²) >= 11 is 6.08. The Morgan fingerprint density at radius 1 is 1.41 bits per heavy atom. The van der Waals surface area contributed by atoms with Gasteiger partial charge in [0, 0.05) is 29.4 Å². The van der Waals surface area contributed by atoms with Crippen LogP contribution in [0.1, 0.15) is 24.4 Å². The molecule has 0 saturated carbocycles. The molecule has 1 unspecified atom stereocenters. The molecule has 0 radical (unpaired) electrons. The third-order valence-electron chi connectivity index (χ3n) is 3.05. The van der Waals surface area contributed by atoms with Crippen molar-refractivity contribution in [1.29, 1.82) is 0 Å². The second-order valence-electron chi connectivity index (χ2n) is 4.18. The van der Waals surface area contributed by atoms with Crippen LogP contribution in [-0.2, 0) is 4.79 Å². The van der Waals surface area contributed by atoms with Crippen LogP contribution >= 0.6 is 11.6 Å². The minimum absolute atomic E-state index is 0.421. The lowest BCUT2D eigenvalue weighted by Crippen LogP contribution is -2.26. The standard InChI is InChI=1S/C12H15ClN2O2/c13-8-4-3-5-9(15-6-1-2-7-15)10(8)11(14)12(16)17/h3-5,11H,1-2,6-7,14H2,(H,16,17). The number of halogens is 1. The minimum atomic E-state index is -1.07. The molecule has 0 spiro atoms.